The number of aromatic nitrogens is 4. The van der Waals surface area contributed by atoms with Crippen LogP contribution in [0.15, 0.2) is 46.2 Å². The van der Waals surface area contributed by atoms with Crippen LogP contribution in [-0.2, 0) is 6.54 Å². The van der Waals surface area contributed by atoms with Gasteiger partial charge in [-0.05, 0) is 30.5 Å². The summed E-state index contributed by atoms with van der Waals surface area (Å²) in [6, 6.07) is 6.96. The molecule has 7 heteroatoms. The summed E-state index contributed by atoms with van der Waals surface area (Å²) in [6.45, 7) is 4.65. The van der Waals surface area contributed by atoms with E-state index in [4.69, 9.17) is 11.6 Å². The van der Waals surface area contributed by atoms with Gasteiger partial charge in [0.05, 0.1) is 5.69 Å². The number of fused-ring (bicyclic) bond motifs is 1. The van der Waals surface area contributed by atoms with Crippen molar-refractivity contribution in [2.24, 2.45) is 5.92 Å². The summed E-state index contributed by atoms with van der Waals surface area (Å²) in [6.07, 6.45) is 3.93. The van der Waals surface area contributed by atoms with Crippen molar-refractivity contribution in [3.63, 3.8) is 0 Å². The van der Waals surface area contributed by atoms with Crippen LogP contribution < -0.4 is 11.2 Å². The summed E-state index contributed by atoms with van der Waals surface area (Å²) in [4.78, 5) is 24.9. The molecule has 0 fully saturated rings. The quantitative estimate of drug-likeness (QED) is 0.736. The topological polar surface area (TPSA) is 61.3 Å². The lowest BCUT2D eigenvalue weighted by atomic mass is 10.1. The Hall–Kier alpha value is -2.34. The third kappa shape index (κ3) is 2.94. The molecule has 0 aliphatic heterocycles. The number of rotatable bonds is 4. The number of halogens is 1. The van der Waals surface area contributed by atoms with E-state index in [-0.39, 0.29) is 16.9 Å². The molecule has 0 N–H and O–H groups in total. The molecule has 0 amide bonds. The fourth-order valence-corrected chi connectivity index (χ4v) is 2.55. The third-order valence-electron chi connectivity index (χ3n) is 3.65. The summed E-state index contributed by atoms with van der Waals surface area (Å²) < 4.78 is 4.06. The Labute approximate surface area is 137 Å². The Morgan fingerprint density at radius 2 is 2.00 bits per heavy atom. The molecule has 0 spiro atoms. The molecule has 23 heavy (non-hydrogen) atoms. The van der Waals surface area contributed by atoms with Crippen molar-refractivity contribution >= 4 is 17.2 Å². The SMILES string of the molecule is CC(C)CCn1nc2c(=O)n(-c3cccc(Cl)c3)ccn2c1=O. The maximum Gasteiger partial charge on any atom is 0.350 e. The molecule has 0 aliphatic rings. The van der Waals surface area contributed by atoms with E-state index >= 15 is 0 Å². The normalized spacial score (nSPS) is 11.5. The molecule has 120 valence electrons. The Kier molecular flexibility index (Phi) is 4.09. The average molecular weight is 333 g/mol. The molecule has 0 unspecified atom stereocenters. The maximum absolute atomic E-state index is 12.6. The molecular weight excluding hydrogens is 316 g/mol. The minimum absolute atomic E-state index is 0.112. The van der Waals surface area contributed by atoms with E-state index in [1.54, 1.807) is 36.7 Å². The van der Waals surface area contributed by atoms with Gasteiger partial charge >= 0.3 is 11.2 Å². The van der Waals surface area contributed by atoms with E-state index in [9.17, 15) is 9.59 Å². The highest BCUT2D eigenvalue weighted by atomic mass is 35.5. The zero-order valence-corrected chi connectivity index (χ0v) is 13.7. The predicted molar refractivity (Wildman–Crippen MR) is 89.5 cm³/mol. The summed E-state index contributed by atoms with van der Waals surface area (Å²) in [5.41, 5.74) is 0.0987. The number of benzene rings is 1. The Bertz CT molecular complexity index is 968. The van der Waals surface area contributed by atoms with Gasteiger partial charge in [0.15, 0.2) is 0 Å². The van der Waals surface area contributed by atoms with Gasteiger partial charge in [-0.2, -0.15) is 0 Å². The van der Waals surface area contributed by atoms with Gasteiger partial charge < -0.3 is 0 Å². The second-order valence-corrected chi connectivity index (χ2v) is 6.27. The van der Waals surface area contributed by atoms with Crippen LogP contribution >= 0.6 is 11.6 Å². The highest BCUT2D eigenvalue weighted by Gasteiger charge is 2.13. The second-order valence-electron chi connectivity index (χ2n) is 5.84. The largest absolute Gasteiger partial charge is 0.350 e. The van der Waals surface area contributed by atoms with Crippen molar-refractivity contribution in [2.45, 2.75) is 26.8 Å². The first-order valence-corrected chi connectivity index (χ1v) is 7.82. The van der Waals surface area contributed by atoms with Crippen molar-refractivity contribution in [3.05, 3.63) is 62.5 Å². The first-order valence-electron chi connectivity index (χ1n) is 7.44. The molecule has 0 radical (unpaired) electrons. The highest BCUT2D eigenvalue weighted by molar-refractivity contribution is 6.30. The van der Waals surface area contributed by atoms with E-state index < -0.39 is 0 Å². The zero-order valence-electron chi connectivity index (χ0n) is 12.9. The summed E-state index contributed by atoms with van der Waals surface area (Å²) in [7, 11) is 0. The monoisotopic (exact) mass is 332 g/mol. The molecule has 0 aliphatic carbocycles. The average Bonchev–Trinajstić information content (AvgIpc) is 2.83. The molecule has 0 bridgehead atoms. The molecule has 0 saturated heterocycles. The van der Waals surface area contributed by atoms with E-state index in [0.717, 1.165) is 6.42 Å². The van der Waals surface area contributed by atoms with Crippen LogP contribution in [0.2, 0.25) is 5.02 Å². The van der Waals surface area contributed by atoms with Gasteiger partial charge in [0.2, 0.25) is 5.65 Å². The summed E-state index contributed by atoms with van der Waals surface area (Å²) in [5, 5.41) is 4.73. The first kappa shape index (κ1) is 15.6. The van der Waals surface area contributed by atoms with Gasteiger partial charge in [0, 0.05) is 24.0 Å². The van der Waals surface area contributed by atoms with Gasteiger partial charge in [-0.15, -0.1) is 5.10 Å². The van der Waals surface area contributed by atoms with Crippen molar-refractivity contribution in [2.75, 3.05) is 0 Å². The van der Waals surface area contributed by atoms with Crippen LogP contribution in [0.25, 0.3) is 11.3 Å². The van der Waals surface area contributed by atoms with Crippen LogP contribution in [0.5, 0.6) is 0 Å². The number of hydrogen-bond acceptors (Lipinski definition) is 3. The van der Waals surface area contributed by atoms with Gasteiger partial charge in [0.25, 0.3) is 0 Å². The van der Waals surface area contributed by atoms with Crippen molar-refractivity contribution in [3.8, 4) is 5.69 Å². The van der Waals surface area contributed by atoms with Gasteiger partial charge in [0.1, 0.15) is 0 Å². The molecular formula is C16H17ClN4O2. The molecule has 0 saturated carbocycles. The molecule has 3 aromatic rings. The standard InChI is InChI=1S/C16H17ClN4O2/c1-11(2)6-7-21-16(23)20-9-8-19(15(22)14(20)18-21)13-5-3-4-12(17)10-13/h3-5,8-11H,6-7H2,1-2H3. The molecule has 0 atom stereocenters. The van der Waals surface area contributed by atoms with Crippen LogP contribution in [-0.4, -0.2) is 18.7 Å². The highest BCUT2D eigenvalue weighted by Crippen LogP contribution is 2.13. The smallest absolute Gasteiger partial charge is 0.280 e. The predicted octanol–water partition coefficient (Wildman–Crippen LogP) is 2.35. The number of nitrogens with zero attached hydrogens (tertiary/aromatic N) is 4. The van der Waals surface area contributed by atoms with Crippen LogP contribution in [0.1, 0.15) is 20.3 Å². The van der Waals surface area contributed by atoms with E-state index in [1.165, 1.54) is 13.6 Å². The number of hydrogen-bond donors (Lipinski definition) is 0. The van der Waals surface area contributed by atoms with Crippen molar-refractivity contribution in [1.29, 1.82) is 0 Å². The second kappa shape index (κ2) is 6.04. The zero-order chi connectivity index (χ0) is 16.6. The molecule has 3 rings (SSSR count). The Morgan fingerprint density at radius 3 is 2.70 bits per heavy atom. The summed E-state index contributed by atoms with van der Waals surface area (Å²) >= 11 is 5.98. The lowest BCUT2D eigenvalue weighted by Crippen LogP contribution is -2.24. The minimum Gasteiger partial charge on any atom is -0.280 e. The van der Waals surface area contributed by atoms with Gasteiger partial charge in [-0.1, -0.05) is 31.5 Å². The summed E-state index contributed by atoms with van der Waals surface area (Å²) in [5.74, 6) is 0.454. The van der Waals surface area contributed by atoms with Crippen molar-refractivity contribution < 1.29 is 0 Å². The molecule has 6 nitrogen and oxygen atoms in total. The minimum atomic E-state index is -0.352. The lowest BCUT2D eigenvalue weighted by Gasteiger charge is -2.05. The van der Waals surface area contributed by atoms with E-state index in [0.29, 0.717) is 23.2 Å². The van der Waals surface area contributed by atoms with Gasteiger partial charge in [-0.3, -0.25) is 9.36 Å². The third-order valence-corrected chi connectivity index (χ3v) is 3.89. The Morgan fingerprint density at radius 1 is 1.22 bits per heavy atom. The Balaban J connectivity index is 2.13. The van der Waals surface area contributed by atoms with Crippen LogP contribution in [0.3, 0.4) is 0 Å². The number of aryl methyl sites for hydroxylation is 1. The van der Waals surface area contributed by atoms with Crippen LogP contribution in [0, 0.1) is 5.92 Å². The van der Waals surface area contributed by atoms with Crippen LogP contribution in [0.4, 0.5) is 0 Å². The maximum atomic E-state index is 12.6. The molecule has 2 heterocycles. The molecule has 2 aromatic heterocycles. The fraction of sp³-hybridized carbons (Fsp3) is 0.312. The lowest BCUT2D eigenvalue weighted by molar-refractivity contribution is 0.478. The van der Waals surface area contributed by atoms with Crippen molar-refractivity contribution in [1.82, 2.24) is 18.7 Å². The van der Waals surface area contributed by atoms with E-state index in [2.05, 4.69) is 18.9 Å². The first-order chi connectivity index (χ1) is 11.0. The molecule has 1 aromatic carbocycles. The fourth-order valence-electron chi connectivity index (χ4n) is 2.36. The van der Waals surface area contributed by atoms with E-state index in [1.807, 2.05) is 0 Å². The van der Waals surface area contributed by atoms with Gasteiger partial charge in [-0.25, -0.2) is 13.9 Å².